The van der Waals surface area contributed by atoms with Crippen molar-refractivity contribution in [3.63, 3.8) is 0 Å². The van der Waals surface area contributed by atoms with Crippen molar-refractivity contribution in [3.8, 4) is 16.9 Å². The number of aromatic hydroxyl groups is 1. The first kappa shape index (κ1) is 11.9. The SMILES string of the molecule is C=N.Oc1ccccc1-c1ccc(F)cc1. The van der Waals surface area contributed by atoms with Gasteiger partial charge in [-0.2, -0.15) is 0 Å². The number of phenolic OH excluding ortho intramolecular Hbond substituents is 1. The third-order valence-electron chi connectivity index (χ3n) is 2.06. The van der Waals surface area contributed by atoms with Crippen molar-refractivity contribution in [2.75, 3.05) is 0 Å². The molecule has 0 aliphatic rings. The summed E-state index contributed by atoms with van der Waals surface area (Å²) in [6.07, 6.45) is 0. The van der Waals surface area contributed by atoms with Crippen molar-refractivity contribution in [2.45, 2.75) is 0 Å². The van der Waals surface area contributed by atoms with Gasteiger partial charge in [0.15, 0.2) is 0 Å². The molecule has 0 unspecified atom stereocenters. The molecule has 0 amide bonds. The molecule has 0 aromatic heterocycles. The number of halogens is 1. The lowest BCUT2D eigenvalue weighted by atomic mass is 10.1. The van der Waals surface area contributed by atoms with E-state index in [0.29, 0.717) is 5.56 Å². The summed E-state index contributed by atoms with van der Waals surface area (Å²) in [6, 6.07) is 13.0. The van der Waals surface area contributed by atoms with Gasteiger partial charge >= 0.3 is 0 Å². The zero-order chi connectivity index (χ0) is 12.0. The van der Waals surface area contributed by atoms with Crippen LogP contribution in [0.3, 0.4) is 0 Å². The minimum atomic E-state index is -0.274. The first-order chi connectivity index (χ1) is 7.77. The average molecular weight is 217 g/mol. The van der Waals surface area contributed by atoms with Gasteiger partial charge in [-0.25, -0.2) is 4.39 Å². The Morgan fingerprint density at radius 1 is 0.938 bits per heavy atom. The maximum Gasteiger partial charge on any atom is 0.123 e. The fourth-order valence-corrected chi connectivity index (χ4v) is 1.35. The zero-order valence-corrected chi connectivity index (χ0v) is 8.65. The molecule has 0 aliphatic carbocycles. The number of hydrogen-bond donors (Lipinski definition) is 2. The first-order valence-electron chi connectivity index (χ1n) is 4.66. The molecule has 0 atom stereocenters. The molecule has 0 saturated heterocycles. The van der Waals surface area contributed by atoms with Crippen LogP contribution in [-0.2, 0) is 0 Å². The molecule has 2 N–H and O–H groups in total. The van der Waals surface area contributed by atoms with Crippen molar-refractivity contribution in [1.29, 1.82) is 5.41 Å². The quantitative estimate of drug-likeness (QED) is 0.706. The molecule has 0 spiro atoms. The Morgan fingerprint density at radius 3 is 2.06 bits per heavy atom. The molecule has 3 heteroatoms. The highest BCUT2D eigenvalue weighted by Gasteiger charge is 2.02. The van der Waals surface area contributed by atoms with Gasteiger partial charge in [-0.3, -0.25) is 0 Å². The van der Waals surface area contributed by atoms with Gasteiger partial charge in [0.25, 0.3) is 0 Å². The van der Waals surface area contributed by atoms with Crippen LogP contribution in [0.4, 0.5) is 4.39 Å². The number of rotatable bonds is 1. The lowest BCUT2D eigenvalue weighted by Crippen LogP contribution is -1.79. The fraction of sp³-hybridized carbons (Fsp3) is 0. The van der Waals surface area contributed by atoms with Crippen LogP contribution in [0.1, 0.15) is 0 Å². The zero-order valence-electron chi connectivity index (χ0n) is 8.65. The minimum absolute atomic E-state index is 0.208. The van der Waals surface area contributed by atoms with Crippen molar-refractivity contribution in [1.82, 2.24) is 0 Å². The van der Waals surface area contributed by atoms with Gasteiger partial charge in [0.1, 0.15) is 11.6 Å². The summed E-state index contributed by atoms with van der Waals surface area (Å²) in [5.41, 5.74) is 1.53. The molecule has 2 nitrogen and oxygen atoms in total. The number of para-hydroxylation sites is 1. The molecule has 2 rings (SSSR count). The van der Waals surface area contributed by atoms with Gasteiger partial charge < -0.3 is 10.5 Å². The maximum atomic E-state index is 12.6. The van der Waals surface area contributed by atoms with E-state index in [1.54, 1.807) is 30.3 Å². The van der Waals surface area contributed by atoms with Crippen LogP contribution in [0.25, 0.3) is 11.1 Å². The lowest BCUT2D eigenvalue weighted by Gasteiger charge is -2.03. The van der Waals surface area contributed by atoms with Crippen molar-refractivity contribution in [3.05, 3.63) is 54.3 Å². The van der Waals surface area contributed by atoms with E-state index in [0.717, 1.165) is 5.56 Å². The molecule has 0 saturated carbocycles. The number of benzene rings is 2. The average Bonchev–Trinajstić information content (AvgIpc) is 2.34. The third kappa shape index (κ3) is 2.67. The second-order valence-electron chi connectivity index (χ2n) is 3.02. The molecular weight excluding hydrogens is 205 g/mol. The molecule has 0 aliphatic heterocycles. The van der Waals surface area contributed by atoms with Gasteiger partial charge in [-0.1, -0.05) is 30.3 Å². The largest absolute Gasteiger partial charge is 0.507 e. The summed E-state index contributed by atoms with van der Waals surface area (Å²) in [4.78, 5) is 0. The Morgan fingerprint density at radius 2 is 1.50 bits per heavy atom. The predicted octanol–water partition coefficient (Wildman–Crippen LogP) is 3.46. The van der Waals surface area contributed by atoms with Crippen LogP contribution in [-0.4, -0.2) is 11.8 Å². The number of hydrogen-bond acceptors (Lipinski definition) is 2. The Bertz CT molecular complexity index is 454. The Labute approximate surface area is 93.5 Å². The van der Waals surface area contributed by atoms with E-state index in [-0.39, 0.29) is 11.6 Å². The number of nitrogens with one attached hydrogen (secondary N) is 1. The minimum Gasteiger partial charge on any atom is -0.507 e. The van der Waals surface area contributed by atoms with Gasteiger partial charge in [-0.05, 0) is 30.5 Å². The van der Waals surface area contributed by atoms with Crippen molar-refractivity contribution < 1.29 is 9.50 Å². The topological polar surface area (TPSA) is 44.1 Å². The van der Waals surface area contributed by atoms with Gasteiger partial charge in [0.2, 0.25) is 0 Å². The molecule has 0 radical (unpaired) electrons. The van der Waals surface area contributed by atoms with E-state index in [4.69, 9.17) is 5.41 Å². The monoisotopic (exact) mass is 217 g/mol. The maximum absolute atomic E-state index is 12.6. The predicted molar refractivity (Wildman–Crippen MR) is 63.3 cm³/mol. The highest BCUT2D eigenvalue weighted by molar-refractivity contribution is 5.69. The smallest absolute Gasteiger partial charge is 0.123 e. The number of phenols is 1. The van der Waals surface area contributed by atoms with Gasteiger partial charge in [0.05, 0.1) is 0 Å². The highest BCUT2D eigenvalue weighted by atomic mass is 19.1. The molecule has 82 valence electrons. The van der Waals surface area contributed by atoms with Crippen LogP contribution in [0.2, 0.25) is 0 Å². The van der Waals surface area contributed by atoms with E-state index in [2.05, 4.69) is 6.72 Å². The summed E-state index contributed by atoms with van der Waals surface area (Å²) < 4.78 is 12.6. The van der Waals surface area contributed by atoms with E-state index in [1.807, 2.05) is 6.07 Å². The van der Waals surface area contributed by atoms with E-state index in [1.165, 1.54) is 12.1 Å². The van der Waals surface area contributed by atoms with Crippen LogP contribution < -0.4 is 0 Å². The molecule has 2 aromatic rings. The highest BCUT2D eigenvalue weighted by Crippen LogP contribution is 2.28. The van der Waals surface area contributed by atoms with E-state index < -0.39 is 0 Å². The molecule has 0 bridgehead atoms. The van der Waals surface area contributed by atoms with Crippen LogP contribution >= 0.6 is 0 Å². The van der Waals surface area contributed by atoms with Gasteiger partial charge in [0, 0.05) is 5.56 Å². The summed E-state index contributed by atoms with van der Waals surface area (Å²) in [5, 5.41) is 15.0. The molecule has 2 aromatic carbocycles. The standard InChI is InChI=1S/C12H9FO.CH3N/c13-10-7-5-9(6-8-10)11-3-1-2-4-12(11)14;1-2/h1-8,14H;2H,1H2. The second kappa shape index (κ2) is 5.66. The molecule has 16 heavy (non-hydrogen) atoms. The Hall–Kier alpha value is -2.16. The summed E-state index contributed by atoms with van der Waals surface area (Å²) in [7, 11) is 0. The van der Waals surface area contributed by atoms with Crippen LogP contribution in [0, 0.1) is 11.2 Å². The Balaban J connectivity index is 0.000000606. The summed E-state index contributed by atoms with van der Waals surface area (Å²) in [6.45, 7) is 2.50. The lowest BCUT2D eigenvalue weighted by molar-refractivity contribution is 0.477. The Kier molecular flexibility index (Phi) is 4.21. The second-order valence-corrected chi connectivity index (χ2v) is 3.02. The first-order valence-corrected chi connectivity index (χ1v) is 4.66. The van der Waals surface area contributed by atoms with Crippen molar-refractivity contribution in [2.24, 2.45) is 0 Å². The fourth-order valence-electron chi connectivity index (χ4n) is 1.35. The van der Waals surface area contributed by atoms with Crippen molar-refractivity contribution >= 4 is 6.72 Å². The van der Waals surface area contributed by atoms with E-state index >= 15 is 0 Å². The van der Waals surface area contributed by atoms with Gasteiger partial charge in [-0.15, -0.1) is 0 Å². The van der Waals surface area contributed by atoms with E-state index in [9.17, 15) is 9.50 Å². The third-order valence-corrected chi connectivity index (χ3v) is 2.06. The van der Waals surface area contributed by atoms with Crippen LogP contribution in [0.5, 0.6) is 5.75 Å². The summed E-state index contributed by atoms with van der Waals surface area (Å²) >= 11 is 0. The normalized spacial score (nSPS) is 9.06. The summed E-state index contributed by atoms with van der Waals surface area (Å²) in [5.74, 6) is -0.0664. The van der Waals surface area contributed by atoms with Crippen LogP contribution in [0.15, 0.2) is 48.5 Å². The molecule has 0 heterocycles. The molecule has 0 fully saturated rings. The molecular formula is C13H12FNO.